The highest BCUT2D eigenvalue weighted by molar-refractivity contribution is 5.85. The Hall–Kier alpha value is -0.0500. The van der Waals surface area contributed by atoms with Crippen molar-refractivity contribution in [2.24, 2.45) is 5.73 Å². The highest BCUT2D eigenvalue weighted by Gasteiger charge is 1.96. The molecule has 0 saturated heterocycles. The van der Waals surface area contributed by atoms with Gasteiger partial charge in [0.1, 0.15) is 0 Å². The highest BCUT2D eigenvalue weighted by Crippen LogP contribution is 1.99. The van der Waals surface area contributed by atoms with Crippen LogP contribution in [-0.4, -0.2) is 17.8 Å². The molecular weight excluding hydrogens is 174 g/mol. The summed E-state index contributed by atoms with van der Waals surface area (Å²) in [5.74, 6) is 0. The molecule has 0 aromatic rings. The Bertz CT molecular complexity index is 107. The lowest BCUT2D eigenvalue weighted by molar-refractivity contribution is 0.258. The van der Waals surface area contributed by atoms with Crippen molar-refractivity contribution in [1.29, 1.82) is 0 Å². The lowest BCUT2D eigenvalue weighted by Crippen LogP contribution is -2.23. The summed E-state index contributed by atoms with van der Waals surface area (Å²) in [5, 5.41) is 8.59. The molecule has 0 radical (unpaired) electrons. The quantitative estimate of drug-likeness (QED) is 0.500. The van der Waals surface area contributed by atoms with Crippen LogP contribution < -0.4 is 5.73 Å². The van der Waals surface area contributed by atoms with Gasteiger partial charge in [-0.15, -0.1) is 12.4 Å². The van der Waals surface area contributed by atoms with Crippen LogP contribution in [-0.2, 0) is 0 Å². The zero-order chi connectivity index (χ0) is 8.53. The molecule has 0 saturated carbocycles. The van der Waals surface area contributed by atoms with Crippen LogP contribution in [0, 0.1) is 0 Å². The van der Waals surface area contributed by atoms with E-state index in [9.17, 15) is 0 Å². The van der Waals surface area contributed by atoms with E-state index in [1.54, 1.807) is 0 Å². The van der Waals surface area contributed by atoms with Gasteiger partial charge in [-0.05, 0) is 25.7 Å². The second-order valence-electron chi connectivity index (χ2n) is 2.75. The maximum atomic E-state index is 8.59. The number of nitrogens with two attached hydrogens (primary N) is 1. The van der Waals surface area contributed by atoms with E-state index in [1.807, 2.05) is 0 Å². The lowest BCUT2D eigenvalue weighted by Gasteiger charge is -2.04. The third-order valence-electron chi connectivity index (χ3n) is 1.58. The van der Waals surface area contributed by atoms with Crippen LogP contribution in [0.3, 0.4) is 0 Å². The minimum atomic E-state index is -0.0231. The van der Waals surface area contributed by atoms with Gasteiger partial charge in [-0.25, -0.2) is 0 Å². The summed E-state index contributed by atoms with van der Waals surface area (Å²) in [4.78, 5) is 0. The minimum absolute atomic E-state index is 0. The topological polar surface area (TPSA) is 46.2 Å². The van der Waals surface area contributed by atoms with Crippen LogP contribution in [0.25, 0.3) is 0 Å². The van der Waals surface area contributed by atoms with Crippen molar-refractivity contribution in [2.75, 3.05) is 6.61 Å². The molecule has 2 nitrogen and oxygen atoms in total. The summed E-state index contributed by atoms with van der Waals surface area (Å²) in [7, 11) is 0. The van der Waals surface area contributed by atoms with Crippen molar-refractivity contribution in [3.8, 4) is 0 Å². The van der Waals surface area contributed by atoms with Gasteiger partial charge in [-0.3, -0.25) is 0 Å². The first-order valence-electron chi connectivity index (χ1n) is 4.32. The fourth-order valence-corrected chi connectivity index (χ4v) is 0.874. The lowest BCUT2D eigenvalue weighted by atomic mass is 10.1. The third-order valence-corrected chi connectivity index (χ3v) is 1.58. The molecule has 0 aliphatic carbocycles. The average Bonchev–Trinajstić information content (AvgIpc) is 2.04. The molecular formula is C9H20ClNO. The maximum Gasteiger partial charge on any atom is 0.0582 e. The minimum Gasteiger partial charge on any atom is -0.395 e. The molecule has 0 amide bonds. The van der Waals surface area contributed by atoms with Gasteiger partial charge in [-0.1, -0.05) is 19.1 Å². The molecule has 0 aromatic carbocycles. The van der Waals surface area contributed by atoms with Crippen molar-refractivity contribution in [1.82, 2.24) is 0 Å². The fraction of sp³-hybridized carbons (Fsp3) is 0.778. The molecule has 1 unspecified atom stereocenters. The Kier molecular flexibility index (Phi) is 13.2. The van der Waals surface area contributed by atoms with Gasteiger partial charge in [0, 0.05) is 6.04 Å². The molecule has 1 atom stereocenters. The zero-order valence-electron chi connectivity index (χ0n) is 7.70. The van der Waals surface area contributed by atoms with Crippen molar-refractivity contribution in [3.63, 3.8) is 0 Å². The van der Waals surface area contributed by atoms with E-state index in [2.05, 4.69) is 19.1 Å². The molecule has 3 N–H and O–H groups in total. The summed E-state index contributed by atoms with van der Waals surface area (Å²) >= 11 is 0. The van der Waals surface area contributed by atoms with Crippen molar-refractivity contribution >= 4 is 12.4 Å². The van der Waals surface area contributed by atoms with Crippen molar-refractivity contribution < 1.29 is 5.11 Å². The second-order valence-corrected chi connectivity index (χ2v) is 2.75. The fourth-order valence-electron chi connectivity index (χ4n) is 0.874. The van der Waals surface area contributed by atoms with Crippen LogP contribution >= 0.6 is 12.4 Å². The second kappa shape index (κ2) is 11.0. The summed E-state index contributed by atoms with van der Waals surface area (Å²) in [6.45, 7) is 2.23. The number of hydrogen-bond donors (Lipinski definition) is 2. The largest absolute Gasteiger partial charge is 0.395 e. The molecule has 12 heavy (non-hydrogen) atoms. The van der Waals surface area contributed by atoms with E-state index in [0.717, 1.165) is 25.7 Å². The van der Waals surface area contributed by atoms with E-state index in [0.29, 0.717) is 0 Å². The first-order chi connectivity index (χ1) is 5.31. The monoisotopic (exact) mass is 193 g/mol. The normalized spacial score (nSPS) is 12.9. The zero-order valence-corrected chi connectivity index (χ0v) is 8.52. The Balaban J connectivity index is 0. The SMILES string of the molecule is CC/C=C\CCCC(N)CO.Cl. The number of aliphatic hydroxyl groups excluding tert-OH is 1. The molecule has 0 bridgehead atoms. The molecule has 0 aromatic heterocycles. The first-order valence-corrected chi connectivity index (χ1v) is 4.32. The van der Waals surface area contributed by atoms with Crippen LogP contribution in [0.2, 0.25) is 0 Å². The van der Waals surface area contributed by atoms with Crippen LogP contribution in [0.5, 0.6) is 0 Å². The van der Waals surface area contributed by atoms with E-state index >= 15 is 0 Å². The van der Waals surface area contributed by atoms with Crippen LogP contribution in [0.15, 0.2) is 12.2 Å². The Morgan fingerprint density at radius 2 is 2.08 bits per heavy atom. The number of halogens is 1. The maximum absolute atomic E-state index is 8.59. The molecule has 0 aliphatic rings. The predicted molar refractivity (Wildman–Crippen MR) is 55.6 cm³/mol. The Morgan fingerprint density at radius 3 is 2.58 bits per heavy atom. The molecule has 0 rings (SSSR count). The van der Waals surface area contributed by atoms with E-state index in [-0.39, 0.29) is 25.1 Å². The number of allylic oxidation sites excluding steroid dienone is 2. The van der Waals surface area contributed by atoms with Gasteiger partial charge < -0.3 is 10.8 Å². The van der Waals surface area contributed by atoms with Crippen molar-refractivity contribution in [2.45, 2.75) is 38.6 Å². The van der Waals surface area contributed by atoms with Gasteiger partial charge in [0.25, 0.3) is 0 Å². The highest BCUT2D eigenvalue weighted by atomic mass is 35.5. The predicted octanol–water partition coefficient (Wildman–Crippen LogP) is 1.86. The number of unbranched alkanes of at least 4 members (excludes halogenated alkanes) is 1. The van der Waals surface area contributed by atoms with Gasteiger partial charge in [-0.2, -0.15) is 0 Å². The smallest absolute Gasteiger partial charge is 0.0582 e. The standard InChI is InChI=1S/C9H19NO.ClH/c1-2-3-4-5-6-7-9(10)8-11;/h3-4,9,11H,2,5-8,10H2,1H3;1H/b4-3-;. The molecule has 0 fully saturated rings. The van der Waals surface area contributed by atoms with E-state index < -0.39 is 0 Å². The van der Waals surface area contributed by atoms with Gasteiger partial charge in [0.15, 0.2) is 0 Å². The van der Waals surface area contributed by atoms with E-state index in [4.69, 9.17) is 10.8 Å². The summed E-state index contributed by atoms with van der Waals surface area (Å²) in [5.41, 5.74) is 5.51. The van der Waals surface area contributed by atoms with E-state index in [1.165, 1.54) is 0 Å². The van der Waals surface area contributed by atoms with Gasteiger partial charge in [0.05, 0.1) is 6.61 Å². The van der Waals surface area contributed by atoms with Gasteiger partial charge in [0.2, 0.25) is 0 Å². The third kappa shape index (κ3) is 9.95. The molecule has 3 heteroatoms. The average molecular weight is 194 g/mol. The summed E-state index contributed by atoms with van der Waals surface area (Å²) in [6.07, 6.45) is 8.52. The molecule has 0 aliphatic heterocycles. The van der Waals surface area contributed by atoms with Crippen molar-refractivity contribution in [3.05, 3.63) is 12.2 Å². The molecule has 74 valence electrons. The van der Waals surface area contributed by atoms with Gasteiger partial charge >= 0.3 is 0 Å². The van der Waals surface area contributed by atoms with Crippen LogP contribution in [0.4, 0.5) is 0 Å². The Morgan fingerprint density at radius 1 is 1.42 bits per heavy atom. The first kappa shape index (κ1) is 14.5. The number of aliphatic hydroxyl groups is 1. The Labute approximate surface area is 81.3 Å². The molecule has 0 heterocycles. The number of hydrogen-bond acceptors (Lipinski definition) is 2. The van der Waals surface area contributed by atoms with Crippen LogP contribution in [0.1, 0.15) is 32.6 Å². The summed E-state index contributed by atoms with van der Waals surface area (Å²) < 4.78 is 0. The summed E-state index contributed by atoms with van der Waals surface area (Å²) in [6, 6.07) is -0.0231. The molecule has 0 spiro atoms. The number of rotatable bonds is 6.